The second-order valence-corrected chi connectivity index (χ2v) is 3.94. The zero-order chi connectivity index (χ0) is 11.7. The highest BCUT2D eigenvalue weighted by Crippen LogP contribution is 2.19. The molecular weight excluding hydrogens is 227 g/mol. The second kappa shape index (κ2) is 4.26. The summed E-state index contributed by atoms with van der Waals surface area (Å²) in [6, 6.07) is 6.25. The zero-order valence-corrected chi connectivity index (χ0v) is 9.92. The van der Waals surface area contributed by atoms with E-state index in [1.807, 2.05) is 13.8 Å². The minimum absolute atomic E-state index is 0.247. The SMILES string of the molecule is Cc1nn(-c2ccc(F)cc2)c(C)c1CCl. The summed E-state index contributed by atoms with van der Waals surface area (Å²) < 4.78 is 14.6. The van der Waals surface area contributed by atoms with Crippen LogP contribution in [0.5, 0.6) is 0 Å². The number of alkyl halides is 1. The Bertz CT molecular complexity index is 502. The van der Waals surface area contributed by atoms with Crippen LogP contribution < -0.4 is 0 Å². The molecule has 2 nitrogen and oxygen atoms in total. The minimum Gasteiger partial charge on any atom is -0.238 e. The van der Waals surface area contributed by atoms with Gasteiger partial charge in [-0.3, -0.25) is 0 Å². The van der Waals surface area contributed by atoms with Crippen molar-refractivity contribution in [3.8, 4) is 5.69 Å². The topological polar surface area (TPSA) is 17.8 Å². The number of aromatic nitrogens is 2. The Morgan fingerprint density at radius 2 is 1.88 bits per heavy atom. The van der Waals surface area contributed by atoms with E-state index in [4.69, 9.17) is 11.6 Å². The molecule has 0 fully saturated rings. The van der Waals surface area contributed by atoms with Crippen LogP contribution >= 0.6 is 11.6 Å². The van der Waals surface area contributed by atoms with Crippen LogP contribution in [0, 0.1) is 19.7 Å². The summed E-state index contributed by atoms with van der Waals surface area (Å²) in [5.41, 5.74) is 3.79. The van der Waals surface area contributed by atoms with Crippen LogP contribution in [0.3, 0.4) is 0 Å². The number of aryl methyl sites for hydroxylation is 1. The molecule has 0 aliphatic heterocycles. The van der Waals surface area contributed by atoms with Gasteiger partial charge in [0, 0.05) is 11.3 Å². The van der Waals surface area contributed by atoms with Gasteiger partial charge in [0.1, 0.15) is 5.82 Å². The first kappa shape index (κ1) is 11.1. The van der Waals surface area contributed by atoms with Gasteiger partial charge in [0.05, 0.1) is 17.3 Å². The van der Waals surface area contributed by atoms with Crippen molar-refractivity contribution >= 4 is 11.6 Å². The van der Waals surface area contributed by atoms with E-state index in [1.165, 1.54) is 12.1 Å². The predicted molar refractivity (Wildman–Crippen MR) is 62.6 cm³/mol. The van der Waals surface area contributed by atoms with Gasteiger partial charge in [-0.05, 0) is 38.1 Å². The van der Waals surface area contributed by atoms with Gasteiger partial charge in [-0.25, -0.2) is 9.07 Å². The molecule has 0 aliphatic rings. The summed E-state index contributed by atoms with van der Waals surface area (Å²) in [5, 5.41) is 4.39. The lowest BCUT2D eigenvalue weighted by Gasteiger charge is -2.04. The molecule has 1 aromatic carbocycles. The average molecular weight is 239 g/mol. The number of benzene rings is 1. The fourth-order valence-electron chi connectivity index (χ4n) is 1.70. The third-order valence-corrected chi connectivity index (χ3v) is 2.91. The van der Waals surface area contributed by atoms with Gasteiger partial charge in [0.25, 0.3) is 0 Å². The van der Waals surface area contributed by atoms with Gasteiger partial charge in [0.2, 0.25) is 0 Å². The second-order valence-electron chi connectivity index (χ2n) is 3.67. The van der Waals surface area contributed by atoms with Crippen LogP contribution in [0.1, 0.15) is 17.0 Å². The van der Waals surface area contributed by atoms with Crippen molar-refractivity contribution < 1.29 is 4.39 Å². The van der Waals surface area contributed by atoms with Gasteiger partial charge >= 0.3 is 0 Å². The lowest BCUT2D eigenvalue weighted by Crippen LogP contribution is -1.99. The largest absolute Gasteiger partial charge is 0.238 e. The summed E-state index contributed by atoms with van der Waals surface area (Å²) in [7, 11) is 0. The standard InChI is InChI=1S/C12H12ClFN2/c1-8-12(7-13)9(2)16(15-8)11-5-3-10(14)4-6-11/h3-6H,7H2,1-2H3. The maximum absolute atomic E-state index is 12.8. The Labute approximate surface area is 98.7 Å². The molecule has 0 saturated heterocycles. The van der Waals surface area contributed by atoms with Crippen LogP contribution in [0.2, 0.25) is 0 Å². The average Bonchev–Trinajstić information content (AvgIpc) is 2.55. The molecule has 0 amide bonds. The number of rotatable bonds is 2. The highest BCUT2D eigenvalue weighted by molar-refractivity contribution is 6.17. The van der Waals surface area contributed by atoms with Crippen LogP contribution in [-0.4, -0.2) is 9.78 Å². The molecule has 0 atom stereocenters. The Morgan fingerprint density at radius 3 is 2.38 bits per heavy atom. The van der Waals surface area contributed by atoms with E-state index in [9.17, 15) is 4.39 Å². The third kappa shape index (κ3) is 1.83. The van der Waals surface area contributed by atoms with E-state index in [-0.39, 0.29) is 5.82 Å². The molecule has 0 unspecified atom stereocenters. The number of nitrogens with zero attached hydrogens (tertiary/aromatic N) is 2. The molecule has 0 spiro atoms. The van der Waals surface area contributed by atoms with Gasteiger partial charge in [-0.15, -0.1) is 11.6 Å². The van der Waals surface area contributed by atoms with Crippen LogP contribution in [-0.2, 0) is 5.88 Å². The molecule has 16 heavy (non-hydrogen) atoms. The Balaban J connectivity index is 2.52. The highest BCUT2D eigenvalue weighted by Gasteiger charge is 2.11. The van der Waals surface area contributed by atoms with Crippen molar-refractivity contribution in [1.82, 2.24) is 9.78 Å². The first-order chi connectivity index (χ1) is 7.63. The van der Waals surface area contributed by atoms with Crippen LogP contribution in [0.4, 0.5) is 4.39 Å². The van der Waals surface area contributed by atoms with E-state index in [2.05, 4.69) is 5.10 Å². The molecule has 1 heterocycles. The number of halogens is 2. The molecule has 1 aromatic heterocycles. The summed E-state index contributed by atoms with van der Waals surface area (Å²) >= 11 is 5.85. The van der Waals surface area contributed by atoms with Gasteiger partial charge < -0.3 is 0 Å². The highest BCUT2D eigenvalue weighted by atomic mass is 35.5. The fourth-order valence-corrected chi connectivity index (χ4v) is 2.09. The Kier molecular flexibility index (Phi) is 2.97. The smallest absolute Gasteiger partial charge is 0.123 e. The lowest BCUT2D eigenvalue weighted by atomic mass is 10.2. The Morgan fingerprint density at radius 1 is 1.25 bits per heavy atom. The van der Waals surface area contributed by atoms with Gasteiger partial charge in [-0.2, -0.15) is 5.10 Å². The summed E-state index contributed by atoms with van der Waals surface area (Å²) in [5.74, 6) is 0.196. The van der Waals surface area contributed by atoms with Crippen molar-refractivity contribution in [2.75, 3.05) is 0 Å². The normalized spacial score (nSPS) is 10.8. The molecule has 0 bridgehead atoms. The zero-order valence-electron chi connectivity index (χ0n) is 9.17. The molecule has 0 aliphatic carbocycles. The first-order valence-corrected chi connectivity index (χ1v) is 5.54. The third-order valence-electron chi connectivity index (χ3n) is 2.65. The summed E-state index contributed by atoms with van der Waals surface area (Å²) in [6.07, 6.45) is 0. The lowest BCUT2D eigenvalue weighted by molar-refractivity contribution is 0.627. The molecule has 0 saturated carbocycles. The molecular formula is C12H12ClFN2. The Hall–Kier alpha value is -1.35. The molecule has 0 radical (unpaired) electrons. The number of hydrogen-bond acceptors (Lipinski definition) is 1. The van der Waals surface area contributed by atoms with Crippen molar-refractivity contribution in [3.63, 3.8) is 0 Å². The summed E-state index contributed by atoms with van der Waals surface area (Å²) in [4.78, 5) is 0. The van der Waals surface area contributed by atoms with Crippen molar-refractivity contribution in [1.29, 1.82) is 0 Å². The molecule has 4 heteroatoms. The quantitative estimate of drug-likeness (QED) is 0.734. The monoisotopic (exact) mass is 238 g/mol. The van der Waals surface area contributed by atoms with E-state index in [0.29, 0.717) is 5.88 Å². The van der Waals surface area contributed by atoms with Crippen molar-refractivity contribution in [3.05, 3.63) is 47.0 Å². The van der Waals surface area contributed by atoms with E-state index < -0.39 is 0 Å². The van der Waals surface area contributed by atoms with Gasteiger partial charge in [-0.1, -0.05) is 0 Å². The molecule has 2 rings (SSSR count). The van der Waals surface area contributed by atoms with Crippen molar-refractivity contribution in [2.24, 2.45) is 0 Å². The molecule has 84 valence electrons. The van der Waals surface area contributed by atoms with Crippen molar-refractivity contribution in [2.45, 2.75) is 19.7 Å². The maximum Gasteiger partial charge on any atom is 0.123 e. The fraction of sp³-hybridized carbons (Fsp3) is 0.250. The first-order valence-electron chi connectivity index (χ1n) is 5.00. The predicted octanol–water partition coefficient (Wildman–Crippen LogP) is 3.37. The number of hydrogen-bond donors (Lipinski definition) is 0. The van der Waals surface area contributed by atoms with E-state index in [0.717, 1.165) is 22.6 Å². The van der Waals surface area contributed by atoms with Crippen LogP contribution in [0.25, 0.3) is 5.69 Å². The van der Waals surface area contributed by atoms with Gasteiger partial charge in [0.15, 0.2) is 0 Å². The molecule has 0 N–H and O–H groups in total. The summed E-state index contributed by atoms with van der Waals surface area (Å²) in [6.45, 7) is 3.88. The minimum atomic E-state index is -0.247. The maximum atomic E-state index is 12.8. The van der Waals surface area contributed by atoms with E-state index >= 15 is 0 Å². The van der Waals surface area contributed by atoms with Crippen LogP contribution in [0.15, 0.2) is 24.3 Å². The van der Waals surface area contributed by atoms with E-state index in [1.54, 1.807) is 16.8 Å². The molecule has 2 aromatic rings.